The van der Waals surface area contributed by atoms with E-state index in [4.69, 9.17) is 0 Å². The molecule has 0 aromatic heterocycles. The number of rotatable bonds is 2. The molecule has 0 saturated carbocycles. The quantitative estimate of drug-likeness (QED) is 0.713. The summed E-state index contributed by atoms with van der Waals surface area (Å²) in [4.78, 5) is 6.17. The van der Waals surface area contributed by atoms with Crippen molar-refractivity contribution < 1.29 is 4.39 Å². The first-order chi connectivity index (χ1) is 7.27. The summed E-state index contributed by atoms with van der Waals surface area (Å²) in [6.07, 6.45) is 0. The summed E-state index contributed by atoms with van der Waals surface area (Å²) < 4.78 is 13.2. The zero-order valence-electron chi connectivity index (χ0n) is 8.50. The lowest BCUT2D eigenvalue weighted by molar-refractivity contribution is 0.539. The van der Waals surface area contributed by atoms with Crippen molar-refractivity contribution in [3.63, 3.8) is 0 Å². The van der Waals surface area contributed by atoms with Crippen LogP contribution in [0.3, 0.4) is 0 Å². The molecule has 1 aromatic carbocycles. The smallest absolute Gasteiger partial charge is 0.212 e. The molecule has 0 radical (unpaired) electrons. The van der Waals surface area contributed by atoms with E-state index in [9.17, 15) is 4.39 Å². The Bertz CT molecular complexity index is 377. The van der Waals surface area contributed by atoms with E-state index in [0.29, 0.717) is 5.69 Å². The largest absolute Gasteiger partial charge is 0.343 e. The van der Waals surface area contributed by atoms with Crippen LogP contribution in [0.15, 0.2) is 29.3 Å². The number of halogens is 1. The van der Waals surface area contributed by atoms with Gasteiger partial charge in [-0.2, -0.15) is 0 Å². The minimum atomic E-state index is -0.286. The van der Waals surface area contributed by atoms with Gasteiger partial charge in [0.15, 0.2) is 0 Å². The van der Waals surface area contributed by atoms with E-state index < -0.39 is 0 Å². The Balaban J connectivity index is 1.96. The van der Waals surface area contributed by atoms with E-state index in [2.05, 4.69) is 15.8 Å². The number of nitrogens with zero attached hydrogens (tertiary/aromatic N) is 2. The van der Waals surface area contributed by atoms with Gasteiger partial charge in [0.1, 0.15) is 5.82 Å². The number of benzene rings is 1. The molecular formula is C10H13FN4. The summed E-state index contributed by atoms with van der Waals surface area (Å²) in [5, 5.41) is 0. The standard InChI is InChI=1S/C10H13FN4/c1-15-7-6-12-10(15)14-13-9-5-3-2-4-8(9)11/h2-5,13H,6-7H2,1H3,(H,12,14). The molecule has 0 bridgehead atoms. The summed E-state index contributed by atoms with van der Waals surface area (Å²) >= 11 is 0. The summed E-state index contributed by atoms with van der Waals surface area (Å²) in [5.74, 6) is 0.449. The molecule has 1 aromatic rings. The monoisotopic (exact) mass is 208 g/mol. The molecule has 1 aliphatic heterocycles. The Morgan fingerprint density at radius 3 is 2.80 bits per heavy atom. The first-order valence-corrected chi connectivity index (χ1v) is 4.79. The van der Waals surface area contributed by atoms with Crippen LogP contribution in [-0.4, -0.2) is 31.0 Å². The van der Waals surface area contributed by atoms with Gasteiger partial charge in [0.05, 0.1) is 12.2 Å². The highest BCUT2D eigenvalue weighted by molar-refractivity contribution is 5.82. The first kappa shape index (κ1) is 9.76. The van der Waals surface area contributed by atoms with Gasteiger partial charge in [0.25, 0.3) is 0 Å². The van der Waals surface area contributed by atoms with Crippen molar-refractivity contribution in [1.82, 2.24) is 10.3 Å². The minimum Gasteiger partial charge on any atom is -0.343 e. The number of anilines is 1. The van der Waals surface area contributed by atoms with Gasteiger partial charge in [0, 0.05) is 13.6 Å². The van der Waals surface area contributed by atoms with Gasteiger partial charge in [0.2, 0.25) is 5.96 Å². The Kier molecular flexibility index (Phi) is 2.71. The van der Waals surface area contributed by atoms with Gasteiger partial charge in [-0.25, -0.2) is 9.38 Å². The number of hydrogen-bond donors (Lipinski definition) is 2. The van der Waals surface area contributed by atoms with Crippen molar-refractivity contribution in [2.75, 3.05) is 25.6 Å². The summed E-state index contributed by atoms with van der Waals surface area (Å²) in [6.45, 7) is 1.67. The number of guanidine groups is 1. The molecule has 4 nitrogen and oxygen atoms in total. The molecule has 0 amide bonds. The van der Waals surface area contributed by atoms with Crippen LogP contribution in [-0.2, 0) is 0 Å². The van der Waals surface area contributed by atoms with Crippen molar-refractivity contribution in [2.24, 2.45) is 4.99 Å². The van der Waals surface area contributed by atoms with Crippen LogP contribution >= 0.6 is 0 Å². The van der Waals surface area contributed by atoms with Gasteiger partial charge < -0.3 is 4.90 Å². The normalized spacial score (nSPS) is 15.1. The Morgan fingerprint density at radius 2 is 2.13 bits per heavy atom. The molecule has 0 unspecified atom stereocenters. The summed E-state index contributed by atoms with van der Waals surface area (Å²) in [7, 11) is 1.93. The molecule has 15 heavy (non-hydrogen) atoms. The maximum atomic E-state index is 13.2. The lowest BCUT2D eigenvalue weighted by Gasteiger charge is -2.16. The number of hydrogen-bond acceptors (Lipinski definition) is 4. The van der Waals surface area contributed by atoms with E-state index in [0.717, 1.165) is 19.0 Å². The van der Waals surface area contributed by atoms with Gasteiger partial charge >= 0.3 is 0 Å². The predicted molar refractivity (Wildman–Crippen MR) is 58.1 cm³/mol. The molecule has 0 saturated heterocycles. The molecule has 0 aliphatic carbocycles. The molecule has 0 spiro atoms. The number of nitrogens with one attached hydrogen (secondary N) is 2. The number of hydrazine groups is 1. The molecule has 1 aliphatic rings. The van der Waals surface area contributed by atoms with Crippen molar-refractivity contribution in [2.45, 2.75) is 0 Å². The van der Waals surface area contributed by atoms with E-state index in [1.165, 1.54) is 6.07 Å². The van der Waals surface area contributed by atoms with Crippen LogP contribution < -0.4 is 10.9 Å². The number of likely N-dealkylation sites (N-methyl/N-ethyl adjacent to an activating group) is 1. The van der Waals surface area contributed by atoms with E-state index >= 15 is 0 Å². The van der Waals surface area contributed by atoms with Crippen LogP contribution in [0.1, 0.15) is 0 Å². The minimum absolute atomic E-state index is 0.286. The third kappa shape index (κ3) is 2.18. The van der Waals surface area contributed by atoms with Crippen LogP contribution in [0, 0.1) is 5.82 Å². The van der Waals surface area contributed by atoms with Crippen LogP contribution in [0.25, 0.3) is 0 Å². The second-order valence-corrected chi connectivity index (χ2v) is 3.36. The Morgan fingerprint density at radius 1 is 1.33 bits per heavy atom. The molecule has 0 fully saturated rings. The maximum Gasteiger partial charge on any atom is 0.212 e. The highest BCUT2D eigenvalue weighted by atomic mass is 19.1. The van der Waals surface area contributed by atoms with Gasteiger partial charge in [-0.1, -0.05) is 12.1 Å². The summed E-state index contributed by atoms with van der Waals surface area (Å²) in [6, 6.07) is 6.50. The van der Waals surface area contributed by atoms with E-state index in [-0.39, 0.29) is 5.82 Å². The molecule has 80 valence electrons. The van der Waals surface area contributed by atoms with Crippen LogP contribution in [0.5, 0.6) is 0 Å². The van der Waals surface area contributed by atoms with Crippen LogP contribution in [0.4, 0.5) is 10.1 Å². The second-order valence-electron chi connectivity index (χ2n) is 3.36. The molecule has 0 atom stereocenters. The number of aliphatic imine (C=N–C) groups is 1. The Labute approximate surface area is 87.8 Å². The van der Waals surface area contributed by atoms with Crippen molar-refractivity contribution in [1.29, 1.82) is 0 Å². The SMILES string of the molecule is CN1CCN=C1NNc1ccccc1F. The lowest BCUT2D eigenvalue weighted by Crippen LogP contribution is -2.39. The van der Waals surface area contributed by atoms with Gasteiger partial charge in [-0.15, -0.1) is 0 Å². The topological polar surface area (TPSA) is 39.7 Å². The van der Waals surface area contributed by atoms with E-state index in [1.54, 1.807) is 18.2 Å². The zero-order chi connectivity index (χ0) is 10.7. The molecule has 2 rings (SSSR count). The van der Waals surface area contributed by atoms with Gasteiger partial charge in [-0.3, -0.25) is 10.9 Å². The lowest BCUT2D eigenvalue weighted by atomic mass is 10.3. The molecule has 2 N–H and O–H groups in total. The molecular weight excluding hydrogens is 195 g/mol. The third-order valence-electron chi connectivity index (χ3n) is 2.24. The van der Waals surface area contributed by atoms with Crippen molar-refractivity contribution in [3.8, 4) is 0 Å². The average molecular weight is 208 g/mol. The Hall–Kier alpha value is -1.78. The number of para-hydroxylation sites is 1. The fourth-order valence-corrected chi connectivity index (χ4v) is 1.35. The molecule has 5 heteroatoms. The highest BCUT2D eigenvalue weighted by Crippen LogP contribution is 2.10. The summed E-state index contributed by atoms with van der Waals surface area (Å²) in [5.41, 5.74) is 6.08. The van der Waals surface area contributed by atoms with Crippen LogP contribution in [0.2, 0.25) is 0 Å². The maximum absolute atomic E-state index is 13.2. The highest BCUT2D eigenvalue weighted by Gasteiger charge is 2.11. The van der Waals surface area contributed by atoms with E-state index in [1.807, 2.05) is 11.9 Å². The second kappa shape index (κ2) is 4.16. The predicted octanol–water partition coefficient (Wildman–Crippen LogP) is 1.04. The third-order valence-corrected chi connectivity index (χ3v) is 2.24. The van der Waals surface area contributed by atoms with Gasteiger partial charge in [-0.05, 0) is 12.1 Å². The zero-order valence-corrected chi connectivity index (χ0v) is 8.50. The first-order valence-electron chi connectivity index (χ1n) is 4.79. The molecule has 1 heterocycles. The average Bonchev–Trinajstić information content (AvgIpc) is 2.63. The van der Waals surface area contributed by atoms with Crippen molar-refractivity contribution in [3.05, 3.63) is 30.1 Å². The fraction of sp³-hybridized carbons (Fsp3) is 0.300. The van der Waals surface area contributed by atoms with Crippen molar-refractivity contribution >= 4 is 11.6 Å². The fourth-order valence-electron chi connectivity index (χ4n) is 1.35.